The fraction of sp³-hybridized carbons (Fsp3) is 0.250. The van der Waals surface area contributed by atoms with E-state index in [1.807, 2.05) is 6.20 Å². The van der Waals surface area contributed by atoms with E-state index in [0.29, 0.717) is 0 Å². The van der Waals surface area contributed by atoms with Crippen molar-refractivity contribution in [3.8, 4) is 22.4 Å². The van der Waals surface area contributed by atoms with E-state index in [4.69, 9.17) is 10.1 Å². The maximum atomic E-state index is 10.0. The van der Waals surface area contributed by atoms with E-state index in [0.717, 1.165) is 11.3 Å². The number of hydrogen-bond donors (Lipinski definition) is 1. The summed E-state index contributed by atoms with van der Waals surface area (Å²) in [6.07, 6.45) is 3.16. The molecule has 0 fully saturated rings. The third-order valence-corrected chi connectivity index (χ3v) is 18.7. The van der Waals surface area contributed by atoms with Crippen LogP contribution < -0.4 is 13.2 Å². The molecule has 4 aromatic rings. The van der Waals surface area contributed by atoms with Crippen LogP contribution in [-0.2, 0) is 24.9 Å². The molecule has 1 radical (unpaired) electrons. The number of allylic oxidation sites excluding steroid dienone is 2. The zero-order chi connectivity index (χ0) is 27.1. The minimum absolute atomic E-state index is 0. The molecule has 199 valence electrons. The molecule has 0 saturated heterocycles. The maximum absolute atomic E-state index is 10.0. The number of carbonyl (C=O) groups is 1. The number of aliphatic hydroxyl groups excluding tert-OH is 1. The number of aliphatic hydroxyl groups is 1. The average Bonchev–Trinajstić information content (AvgIpc) is 3.05. The Morgan fingerprint density at radius 3 is 2.29 bits per heavy atom. The van der Waals surface area contributed by atoms with E-state index in [9.17, 15) is 4.79 Å². The number of nitrogens with zero attached hydrogens (tertiary/aromatic N) is 1. The first-order chi connectivity index (χ1) is 17.3. The monoisotopic (exact) mass is 807 g/mol. The summed E-state index contributed by atoms with van der Waals surface area (Å²) in [4.78, 5) is 15.0. The molecule has 0 bridgehead atoms. The Hall–Kier alpha value is -1.98. The number of hydrogen-bond acceptors (Lipinski definition) is 3. The van der Waals surface area contributed by atoms with E-state index < -0.39 is 26.5 Å². The second-order valence-electron chi connectivity index (χ2n) is 11.5. The molecule has 0 amide bonds. The summed E-state index contributed by atoms with van der Waals surface area (Å²) in [5, 5.41) is 10.8. The number of aromatic nitrogens is 1. The van der Waals surface area contributed by atoms with Gasteiger partial charge in [-0.2, -0.15) is 0 Å². The molecule has 5 rings (SSSR count). The zero-order valence-electron chi connectivity index (χ0n) is 23.5. The van der Waals surface area contributed by atoms with Crippen LogP contribution in [0, 0.1) is 13.0 Å². The van der Waals surface area contributed by atoms with Gasteiger partial charge in [-0.25, -0.2) is 0 Å². The van der Waals surface area contributed by atoms with Gasteiger partial charge in [0, 0.05) is 26.2 Å². The Bertz CT molecular complexity index is 1550. The van der Waals surface area contributed by atoms with E-state index in [1.165, 1.54) is 51.8 Å². The third-order valence-electron chi connectivity index (χ3n) is 7.07. The van der Waals surface area contributed by atoms with Crippen molar-refractivity contribution in [1.82, 2.24) is 4.98 Å². The van der Waals surface area contributed by atoms with Crippen molar-refractivity contribution in [1.29, 1.82) is 0 Å². The molecule has 0 atom stereocenters. The predicted molar refractivity (Wildman–Crippen MR) is 163 cm³/mol. The van der Waals surface area contributed by atoms with Gasteiger partial charge in [0.05, 0.1) is 5.76 Å². The molecule has 1 N–H and O–H groups in total. The minimum Gasteiger partial charge on any atom is 0 e. The standard InChI is InChI=1S/C27H28Ge2N.C5H8O2.Ir/c1-18-15-20(16-19-9-7-8-10-22(18)19)27-26-24(13-14-30-27)23-12-11-21(28(2,3)4)17-25(23)29(26,5)6;1-4(6)3-5(2)7;/h7-15,17H,1-6H3;3,6H,1-2H3;/q-1;;/b;4-3-;. The molecule has 0 saturated carbocycles. The maximum Gasteiger partial charge on any atom is 0 e. The van der Waals surface area contributed by atoms with E-state index >= 15 is 0 Å². The largest absolute Gasteiger partial charge is 0 e. The van der Waals surface area contributed by atoms with Crippen LogP contribution in [0.3, 0.4) is 0 Å². The second-order valence-corrected chi connectivity index (χ2v) is 31.2. The number of ketones is 1. The first kappa shape index (κ1) is 30.6. The van der Waals surface area contributed by atoms with Gasteiger partial charge in [0.2, 0.25) is 0 Å². The molecule has 2 heterocycles. The first-order valence-corrected chi connectivity index (χ1v) is 26.4. The fourth-order valence-corrected chi connectivity index (χ4v) is 15.4. The molecule has 3 nitrogen and oxygen atoms in total. The van der Waals surface area contributed by atoms with Crippen molar-refractivity contribution in [3.05, 3.63) is 84.3 Å². The van der Waals surface area contributed by atoms with Crippen molar-refractivity contribution in [3.63, 3.8) is 0 Å². The van der Waals surface area contributed by atoms with Gasteiger partial charge >= 0.3 is 186 Å². The van der Waals surface area contributed by atoms with Crippen LogP contribution in [0.2, 0.25) is 28.8 Å². The summed E-state index contributed by atoms with van der Waals surface area (Å²) in [7, 11) is 0. The van der Waals surface area contributed by atoms with Gasteiger partial charge in [0.25, 0.3) is 0 Å². The van der Waals surface area contributed by atoms with Crippen LogP contribution in [0.15, 0.2) is 72.6 Å². The van der Waals surface area contributed by atoms with Crippen molar-refractivity contribution in [2.24, 2.45) is 0 Å². The first-order valence-electron chi connectivity index (χ1n) is 12.8. The molecule has 1 aromatic heterocycles. The van der Waals surface area contributed by atoms with Crippen molar-refractivity contribution < 1.29 is 30.0 Å². The normalized spacial score (nSPS) is 13.6. The predicted octanol–water partition coefficient (Wildman–Crippen LogP) is 6.39. The molecule has 1 aliphatic rings. The van der Waals surface area contributed by atoms with E-state index in [-0.39, 0.29) is 31.6 Å². The number of benzene rings is 3. The van der Waals surface area contributed by atoms with Gasteiger partial charge in [0.1, 0.15) is 0 Å². The number of carbonyl (C=O) groups excluding carboxylic acids is 1. The number of aryl methyl sites for hydroxylation is 1. The Morgan fingerprint density at radius 2 is 1.68 bits per heavy atom. The average molecular weight is 804 g/mol. The number of fused-ring (bicyclic) bond motifs is 4. The quantitative estimate of drug-likeness (QED) is 0.113. The molecule has 0 unspecified atom stereocenters. The zero-order valence-corrected chi connectivity index (χ0v) is 30.1. The van der Waals surface area contributed by atoms with Gasteiger partial charge in [-0.3, -0.25) is 4.79 Å². The molecule has 3 aromatic carbocycles. The minimum atomic E-state index is -2.48. The van der Waals surface area contributed by atoms with Gasteiger partial charge < -0.3 is 5.11 Å². The summed E-state index contributed by atoms with van der Waals surface area (Å²) in [6.45, 7) is 5.05. The molecule has 6 heteroatoms. The Morgan fingerprint density at radius 1 is 1.00 bits per heavy atom. The second kappa shape index (κ2) is 11.6. The van der Waals surface area contributed by atoms with Crippen LogP contribution in [-0.4, -0.2) is 42.4 Å². The van der Waals surface area contributed by atoms with Gasteiger partial charge in [-0.05, 0) is 13.8 Å². The van der Waals surface area contributed by atoms with E-state index in [1.54, 1.807) is 8.79 Å². The van der Waals surface area contributed by atoms with Crippen molar-refractivity contribution in [2.75, 3.05) is 0 Å². The SMILES string of the molecule is CC(=O)/C=C(/C)O.Cc1cc(-c2nccc3[c]2[Ge]([CH3])([CH3])[c]2c[c]([Ge]([CH3])([CH3])[CH3])ccc2-3)[c-]c2ccccc12.[Ir]. The van der Waals surface area contributed by atoms with Crippen molar-refractivity contribution >= 4 is 56.3 Å². The summed E-state index contributed by atoms with van der Waals surface area (Å²) in [5.41, 5.74) is 6.45. The van der Waals surface area contributed by atoms with Gasteiger partial charge in [0.15, 0.2) is 5.78 Å². The number of pyridine rings is 1. The van der Waals surface area contributed by atoms with Crippen LogP contribution >= 0.6 is 0 Å². The van der Waals surface area contributed by atoms with Crippen LogP contribution in [0.25, 0.3) is 33.2 Å². The Kier molecular flexibility index (Phi) is 9.35. The Labute approximate surface area is 245 Å². The molecule has 1 aliphatic heterocycles. The molecular weight excluding hydrogens is 768 g/mol. The molecule has 0 spiro atoms. The molecular formula is C32H36Ge2IrNO2-. The van der Waals surface area contributed by atoms with Crippen LogP contribution in [0.5, 0.6) is 0 Å². The fourth-order valence-electron chi connectivity index (χ4n) is 5.25. The van der Waals surface area contributed by atoms with Crippen LogP contribution in [0.1, 0.15) is 19.4 Å². The van der Waals surface area contributed by atoms with Gasteiger partial charge in [-0.1, -0.05) is 0 Å². The molecule has 38 heavy (non-hydrogen) atoms. The van der Waals surface area contributed by atoms with E-state index in [2.05, 4.69) is 96.4 Å². The van der Waals surface area contributed by atoms with Gasteiger partial charge in [-0.15, -0.1) is 0 Å². The number of rotatable bonds is 3. The molecule has 0 aliphatic carbocycles. The summed E-state index contributed by atoms with van der Waals surface area (Å²) in [6, 6.07) is 24.1. The van der Waals surface area contributed by atoms with Crippen molar-refractivity contribution in [2.45, 2.75) is 49.6 Å². The Balaban J connectivity index is 0.000000444. The summed E-state index contributed by atoms with van der Waals surface area (Å²) >= 11 is -4.36. The summed E-state index contributed by atoms with van der Waals surface area (Å²) < 4.78 is 4.77. The van der Waals surface area contributed by atoms with Crippen LogP contribution in [0.4, 0.5) is 0 Å². The third kappa shape index (κ3) is 6.09. The summed E-state index contributed by atoms with van der Waals surface area (Å²) in [5.74, 6) is 12.5. The topological polar surface area (TPSA) is 50.2 Å². The smallest absolute Gasteiger partial charge is 0 e.